The van der Waals surface area contributed by atoms with E-state index in [1.165, 1.54) is 4.90 Å². The van der Waals surface area contributed by atoms with E-state index in [0.29, 0.717) is 31.1 Å². The number of fused-ring (bicyclic) bond motifs is 5. The fraction of sp³-hybridized carbons (Fsp3) is 0.766. The standard InChI is InChI=1S/C47H76BN7O13/c1-14-16-33(48-67-39-28-18-20-32(46(28,9)10)47(39,11)68-48)51-42(61)31-17-15-22-55(31)45(64)38(26(6)7)54-44(63)37(25(4)5)53-43(62)36(24(2)3)52-40(59)29(19-21-34(57)65-12)50-41(60)30(49-27(8)56)23-35(58)66-13/h14,24-26,28-33,36-39H,1,15-23H2,2-13H3,(H,49,56)(H,50,60)(H,51,61)(H,52,59)(H,53,62)(H,54,63)/t28?,29-,30-,31-,32?,33-,36-,37-,38-,39?,47-/m0/s1. The van der Waals surface area contributed by atoms with Crippen molar-refractivity contribution in [3.8, 4) is 0 Å². The molecular weight excluding hydrogens is 881 g/mol. The number of nitrogens with one attached hydrogen (secondary N) is 6. The van der Waals surface area contributed by atoms with Crippen molar-refractivity contribution in [3.05, 3.63) is 12.7 Å². The second kappa shape index (κ2) is 23.5. The van der Waals surface area contributed by atoms with Crippen molar-refractivity contribution in [3.63, 3.8) is 0 Å². The largest absolute Gasteiger partial charge is 0.482 e. The molecule has 0 aromatic carbocycles. The molecule has 6 N–H and O–H groups in total. The minimum absolute atomic E-state index is 0.0854. The molecule has 2 saturated heterocycles. The molecule has 68 heavy (non-hydrogen) atoms. The van der Waals surface area contributed by atoms with Crippen LogP contribution in [0.2, 0.25) is 0 Å². The summed E-state index contributed by atoms with van der Waals surface area (Å²) in [5, 5.41) is 16.1. The first-order valence-electron chi connectivity index (χ1n) is 24.0. The highest BCUT2D eigenvalue weighted by atomic mass is 16.7. The molecule has 2 heterocycles. The quantitative estimate of drug-likeness (QED) is 0.0479. The number of amides is 7. The summed E-state index contributed by atoms with van der Waals surface area (Å²) < 4.78 is 22.6. The molecule has 2 aliphatic heterocycles. The van der Waals surface area contributed by atoms with Crippen molar-refractivity contribution >= 4 is 60.4 Å². The minimum atomic E-state index is -1.44. The summed E-state index contributed by atoms with van der Waals surface area (Å²) >= 11 is 0. The van der Waals surface area contributed by atoms with Gasteiger partial charge in [-0.05, 0) is 80.5 Å². The molecule has 21 heteroatoms. The van der Waals surface area contributed by atoms with E-state index in [0.717, 1.165) is 34.0 Å². The van der Waals surface area contributed by atoms with Crippen molar-refractivity contribution in [1.82, 2.24) is 36.8 Å². The lowest BCUT2D eigenvalue weighted by molar-refractivity contribution is -0.144. The van der Waals surface area contributed by atoms with Crippen LogP contribution in [0.4, 0.5) is 0 Å². The van der Waals surface area contributed by atoms with E-state index in [2.05, 4.69) is 64.0 Å². The van der Waals surface area contributed by atoms with Gasteiger partial charge in [-0.15, -0.1) is 6.58 Å². The van der Waals surface area contributed by atoms with Crippen LogP contribution in [0.15, 0.2) is 12.7 Å². The highest BCUT2D eigenvalue weighted by molar-refractivity contribution is 6.48. The summed E-state index contributed by atoms with van der Waals surface area (Å²) in [6.45, 7) is 22.3. The Balaban J connectivity index is 1.45. The van der Waals surface area contributed by atoms with E-state index in [9.17, 15) is 43.2 Å². The number of hydrogen-bond acceptors (Lipinski definition) is 13. The van der Waals surface area contributed by atoms with Gasteiger partial charge in [0.15, 0.2) is 0 Å². The molecule has 0 radical (unpaired) electrons. The monoisotopic (exact) mass is 958 g/mol. The van der Waals surface area contributed by atoms with Crippen LogP contribution < -0.4 is 31.9 Å². The first-order chi connectivity index (χ1) is 31.8. The van der Waals surface area contributed by atoms with E-state index in [-0.39, 0.29) is 36.8 Å². The van der Waals surface area contributed by atoms with E-state index >= 15 is 0 Å². The average Bonchev–Trinajstić information content (AvgIpc) is 4.01. The van der Waals surface area contributed by atoms with Gasteiger partial charge in [-0.3, -0.25) is 43.2 Å². The van der Waals surface area contributed by atoms with Gasteiger partial charge in [0.25, 0.3) is 0 Å². The lowest BCUT2D eigenvalue weighted by atomic mass is 9.74. The number of carbonyl (C=O) groups excluding carboxylic acids is 9. The van der Waals surface area contributed by atoms with Crippen LogP contribution in [0.25, 0.3) is 0 Å². The molecule has 2 bridgehead atoms. The first kappa shape index (κ1) is 55.6. The predicted molar refractivity (Wildman–Crippen MR) is 249 cm³/mol. The summed E-state index contributed by atoms with van der Waals surface area (Å²) in [6, 6.07) is -7.21. The average molecular weight is 958 g/mol. The molecular formula is C47H76BN7O13. The molecule has 7 amide bonds. The smallest absolute Gasteiger partial charge is 0.469 e. The molecule has 0 aromatic heterocycles. The molecule has 4 rings (SSSR count). The van der Waals surface area contributed by atoms with Gasteiger partial charge in [-0.2, -0.15) is 0 Å². The number of ether oxygens (including phenoxy) is 2. The zero-order valence-corrected chi connectivity index (χ0v) is 42.0. The molecule has 11 atom stereocenters. The van der Waals surface area contributed by atoms with E-state index < -0.39 is 126 Å². The van der Waals surface area contributed by atoms with Gasteiger partial charge < -0.3 is 55.6 Å². The Morgan fingerprint density at radius 3 is 1.82 bits per heavy atom. The van der Waals surface area contributed by atoms with Crippen LogP contribution in [-0.2, 0) is 61.9 Å². The number of hydrogen-bond donors (Lipinski definition) is 6. The molecule has 0 aromatic rings. The van der Waals surface area contributed by atoms with Crippen molar-refractivity contribution in [2.24, 2.45) is 35.0 Å². The Kier molecular flexibility index (Phi) is 19.2. The van der Waals surface area contributed by atoms with Gasteiger partial charge in [0.2, 0.25) is 41.4 Å². The van der Waals surface area contributed by atoms with Crippen LogP contribution in [0.3, 0.4) is 0 Å². The molecule has 2 aliphatic carbocycles. The fourth-order valence-electron chi connectivity index (χ4n) is 10.6. The summed E-state index contributed by atoms with van der Waals surface area (Å²) in [7, 11) is 1.57. The number of likely N-dealkylation sites (tertiary alicyclic amines) is 1. The third kappa shape index (κ3) is 12.8. The maximum Gasteiger partial charge on any atom is 0.482 e. The molecule has 4 aliphatic rings. The Morgan fingerprint density at radius 2 is 1.29 bits per heavy atom. The Labute approximate surface area is 401 Å². The molecule has 2 saturated carbocycles. The second-order valence-corrected chi connectivity index (χ2v) is 20.5. The Hall–Kier alpha value is -5.05. The van der Waals surface area contributed by atoms with Crippen molar-refractivity contribution < 1.29 is 61.9 Å². The number of methoxy groups -OCH3 is 2. The molecule has 380 valence electrons. The first-order valence-corrected chi connectivity index (χ1v) is 24.0. The minimum Gasteiger partial charge on any atom is -0.469 e. The Morgan fingerprint density at radius 1 is 0.735 bits per heavy atom. The van der Waals surface area contributed by atoms with Gasteiger partial charge in [0, 0.05) is 19.9 Å². The van der Waals surface area contributed by atoms with Crippen LogP contribution in [0, 0.1) is 35.0 Å². The van der Waals surface area contributed by atoms with Crippen LogP contribution in [0.5, 0.6) is 0 Å². The summed E-state index contributed by atoms with van der Waals surface area (Å²) in [6.07, 6.45) is 3.96. The van der Waals surface area contributed by atoms with Crippen molar-refractivity contribution in [1.29, 1.82) is 0 Å². The van der Waals surface area contributed by atoms with Gasteiger partial charge >= 0.3 is 19.1 Å². The SMILES string of the molecule is C=CC[C@H](NC(=O)[C@@H]1CCCN1C(=O)[C@@H](NC(=O)[C@@H](NC(=O)[C@@H](NC(=O)[C@H](CCC(=O)OC)NC(=O)[C@H](CC(=O)OC)NC(C)=O)C(C)C)C(C)C)C(C)C)B1OC2C3CCC(C3(C)C)[C@]2(C)O1. The maximum atomic E-state index is 14.4. The molecule has 4 fully saturated rings. The zero-order valence-electron chi connectivity index (χ0n) is 42.0. The molecule has 3 unspecified atom stereocenters. The maximum absolute atomic E-state index is 14.4. The van der Waals surface area contributed by atoms with Crippen molar-refractivity contribution in [2.75, 3.05) is 20.8 Å². The molecule has 20 nitrogen and oxygen atoms in total. The summed E-state index contributed by atoms with van der Waals surface area (Å²) in [5.41, 5.74) is -0.386. The zero-order chi connectivity index (χ0) is 51.0. The van der Waals surface area contributed by atoms with Crippen molar-refractivity contribution in [2.45, 2.75) is 175 Å². The van der Waals surface area contributed by atoms with Crippen LogP contribution in [0.1, 0.15) is 121 Å². The van der Waals surface area contributed by atoms with E-state index in [1.807, 2.05) is 0 Å². The van der Waals surface area contributed by atoms with Crippen LogP contribution in [-0.4, -0.2) is 140 Å². The highest BCUT2D eigenvalue weighted by Gasteiger charge is 2.71. The normalized spacial score (nSPS) is 25.0. The number of carbonyl (C=O) groups is 9. The summed E-state index contributed by atoms with van der Waals surface area (Å²) in [4.78, 5) is 121. The second-order valence-electron chi connectivity index (χ2n) is 20.5. The van der Waals surface area contributed by atoms with Crippen LogP contribution >= 0.6 is 0 Å². The topological polar surface area (TPSA) is 266 Å². The number of esters is 2. The summed E-state index contributed by atoms with van der Waals surface area (Å²) in [5.74, 6) is -7.52. The van der Waals surface area contributed by atoms with E-state index in [1.54, 1.807) is 47.6 Å². The van der Waals surface area contributed by atoms with Gasteiger partial charge in [-0.1, -0.05) is 61.5 Å². The Bertz CT molecular complexity index is 1910. The lowest BCUT2D eigenvalue weighted by Gasteiger charge is -2.35. The lowest BCUT2D eigenvalue weighted by Crippen LogP contribution is -2.62. The number of rotatable bonds is 23. The van der Waals surface area contributed by atoms with Gasteiger partial charge in [0.1, 0.15) is 36.3 Å². The number of nitrogens with zero attached hydrogens (tertiary/aromatic N) is 1. The third-order valence-electron chi connectivity index (χ3n) is 14.3. The fourth-order valence-corrected chi connectivity index (χ4v) is 10.6. The molecule has 0 spiro atoms. The van der Waals surface area contributed by atoms with Gasteiger partial charge in [-0.25, -0.2) is 0 Å². The highest BCUT2D eigenvalue weighted by Crippen LogP contribution is 2.66. The van der Waals surface area contributed by atoms with E-state index in [4.69, 9.17) is 14.0 Å². The van der Waals surface area contributed by atoms with Gasteiger partial charge in [0.05, 0.1) is 38.3 Å². The third-order valence-corrected chi connectivity index (χ3v) is 14.3. The predicted octanol–water partition coefficient (Wildman–Crippen LogP) is 1.23.